The van der Waals surface area contributed by atoms with Gasteiger partial charge in [-0.3, -0.25) is 9.59 Å². The Kier molecular flexibility index (Phi) is 34.1. The Hall–Kier alpha value is -1.06. The third kappa shape index (κ3) is 28.4. The Morgan fingerprint density at radius 2 is 0.909 bits per heavy atom. The van der Waals surface area contributed by atoms with Gasteiger partial charge in [0.05, 0.1) is 5.41 Å². The number of carbonyl (C=O) groups is 2. The van der Waals surface area contributed by atoms with Crippen molar-refractivity contribution in [3.63, 3.8) is 0 Å². The number of hydrogen-bond donors (Lipinski definition) is 2. The fraction of sp³-hybridized carbons (Fsp3) is 0.950. The van der Waals surface area contributed by atoms with E-state index in [-0.39, 0.29) is 6.42 Å². The third-order valence-electron chi connectivity index (χ3n) is 9.85. The summed E-state index contributed by atoms with van der Waals surface area (Å²) in [5.41, 5.74) is -0.717. The van der Waals surface area contributed by atoms with Crippen molar-refractivity contribution in [1.29, 1.82) is 0 Å². The Morgan fingerprint density at radius 1 is 0.523 bits per heavy atom. The zero-order valence-electron chi connectivity index (χ0n) is 30.9. The molecule has 0 aromatic heterocycles. The molecule has 0 saturated heterocycles. The topological polar surface area (TPSA) is 74.6 Å². The van der Waals surface area contributed by atoms with Crippen LogP contribution >= 0.6 is 0 Å². The van der Waals surface area contributed by atoms with E-state index in [0.29, 0.717) is 25.7 Å². The summed E-state index contributed by atoms with van der Waals surface area (Å²) in [5, 5.41) is 18.8. The minimum Gasteiger partial charge on any atom is -0.481 e. The number of carboxylic acids is 2. The number of unbranched alkanes of at least 4 members (excludes halogenated alkanes) is 16. The lowest BCUT2D eigenvalue weighted by Crippen LogP contribution is -2.31. The van der Waals surface area contributed by atoms with E-state index in [0.717, 1.165) is 37.5 Å². The van der Waals surface area contributed by atoms with Crippen LogP contribution in [0, 0.1) is 17.3 Å². The quantitative estimate of drug-likeness (QED) is 0.0730. The van der Waals surface area contributed by atoms with Crippen molar-refractivity contribution in [1.82, 2.24) is 0 Å². The van der Waals surface area contributed by atoms with Crippen LogP contribution in [0.3, 0.4) is 0 Å². The van der Waals surface area contributed by atoms with Gasteiger partial charge >= 0.3 is 11.9 Å². The molecule has 0 aliphatic rings. The molecule has 4 nitrogen and oxygen atoms in total. The van der Waals surface area contributed by atoms with E-state index in [1.165, 1.54) is 128 Å². The molecule has 264 valence electrons. The standard InChI is InChI=1S/C22H42O4.C18H38/c1-3-5-7-9-11-13-17-22(21(25)26,19-15-16-20(23)24)18-14-12-10-8-6-4-2;1-5-8-10-12-14-17(4)16-18(7-3)15-13-11-9-6-2/h3-19H2,1-2H3,(H,23,24)(H,25,26);17-18H,5-16H2,1-4H3. The average molecular weight is 625 g/mol. The van der Waals surface area contributed by atoms with Crippen molar-refractivity contribution >= 4 is 11.9 Å². The first-order valence-corrected chi connectivity index (χ1v) is 19.7. The highest BCUT2D eigenvalue weighted by molar-refractivity contribution is 5.74. The van der Waals surface area contributed by atoms with Gasteiger partial charge in [0.15, 0.2) is 0 Å². The van der Waals surface area contributed by atoms with Gasteiger partial charge in [0, 0.05) is 6.42 Å². The van der Waals surface area contributed by atoms with E-state index in [9.17, 15) is 14.7 Å². The number of rotatable bonds is 32. The van der Waals surface area contributed by atoms with Crippen LogP contribution in [0.2, 0.25) is 0 Å². The molecular formula is C40H80O4. The van der Waals surface area contributed by atoms with Crippen molar-refractivity contribution in [2.24, 2.45) is 17.3 Å². The van der Waals surface area contributed by atoms with Crippen LogP contribution < -0.4 is 0 Å². The van der Waals surface area contributed by atoms with Gasteiger partial charge in [-0.2, -0.15) is 0 Å². The molecule has 4 heteroatoms. The fourth-order valence-electron chi connectivity index (χ4n) is 6.72. The minimum absolute atomic E-state index is 0.0715. The second-order valence-corrected chi connectivity index (χ2v) is 14.2. The molecule has 0 aliphatic carbocycles. The van der Waals surface area contributed by atoms with Crippen LogP contribution in [0.5, 0.6) is 0 Å². The van der Waals surface area contributed by atoms with E-state index in [1.54, 1.807) is 0 Å². The number of hydrogen-bond acceptors (Lipinski definition) is 2. The molecule has 0 radical (unpaired) electrons. The summed E-state index contributed by atoms with van der Waals surface area (Å²) in [4.78, 5) is 22.9. The van der Waals surface area contributed by atoms with E-state index in [2.05, 4.69) is 41.5 Å². The summed E-state index contributed by atoms with van der Waals surface area (Å²) in [6, 6.07) is 0. The highest BCUT2D eigenvalue weighted by Crippen LogP contribution is 2.37. The normalized spacial score (nSPS) is 12.9. The molecule has 44 heavy (non-hydrogen) atoms. The maximum Gasteiger partial charge on any atom is 0.309 e. The molecule has 0 bridgehead atoms. The van der Waals surface area contributed by atoms with Crippen LogP contribution in [0.1, 0.15) is 228 Å². The summed E-state index contributed by atoms with van der Waals surface area (Å²) >= 11 is 0. The van der Waals surface area contributed by atoms with Crippen LogP contribution in [-0.4, -0.2) is 22.2 Å². The maximum absolute atomic E-state index is 12.1. The van der Waals surface area contributed by atoms with Crippen molar-refractivity contribution in [2.45, 2.75) is 228 Å². The summed E-state index contributed by atoms with van der Waals surface area (Å²) in [6.45, 7) is 13.8. The molecule has 0 fully saturated rings. The molecule has 0 aromatic carbocycles. The molecule has 0 saturated carbocycles. The second-order valence-electron chi connectivity index (χ2n) is 14.2. The first kappa shape index (κ1) is 45.1. The van der Waals surface area contributed by atoms with E-state index < -0.39 is 17.4 Å². The first-order valence-electron chi connectivity index (χ1n) is 19.7. The Morgan fingerprint density at radius 3 is 1.32 bits per heavy atom. The lowest BCUT2D eigenvalue weighted by Gasteiger charge is -2.30. The first-order chi connectivity index (χ1) is 21.2. The van der Waals surface area contributed by atoms with Gasteiger partial charge in [-0.25, -0.2) is 0 Å². The lowest BCUT2D eigenvalue weighted by molar-refractivity contribution is -0.151. The fourth-order valence-corrected chi connectivity index (χ4v) is 6.72. The maximum atomic E-state index is 12.1. The zero-order valence-corrected chi connectivity index (χ0v) is 30.9. The van der Waals surface area contributed by atoms with E-state index in [4.69, 9.17) is 5.11 Å². The number of carboxylic acid groups (broad SMARTS) is 2. The van der Waals surface area contributed by atoms with Gasteiger partial charge in [0.25, 0.3) is 0 Å². The van der Waals surface area contributed by atoms with Crippen LogP contribution in [0.4, 0.5) is 0 Å². The SMILES string of the molecule is CCCCCCC(C)CC(CC)CCCCCC.CCCCCCCCC(CCCCCCCC)(CCCC(=O)O)C(=O)O. The summed E-state index contributed by atoms with van der Waals surface area (Å²) in [7, 11) is 0. The van der Waals surface area contributed by atoms with E-state index in [1.807, 2.05) is 0 Å². The number of aliphatic carboxylic acids is 2. The van der Waals surface area contributed by atoms with Crippen LogP contribution in [0.15, 0.2) is 0 Å². The van der Waals surface area contributed by atoms with Gasteiger partial charge < -0.3 is 10.2 Å². The lowest BCUT2D eigenvalue weighted by atomic mass is 9.74. The smallest absolute Gasteiger partial charge is 0.309 e. The second kappa shape index (κ2) is 33.3. The molecule has 0 rings (SSSR count). The van der Waals surface area contributed by atoms with Crippen molar-refractivity contribution in [2.75, 3.05) is 0 Å². The molecule has 0 amide bonds. The Balaban J connectivity index is 0. The molecule has 0 spiro atoms. The van der Waals surface area contributed by atoms with Crippen LogP contribution in [0.25, 0.3) is 0 Å². The summed E-state index contributed by atoms with van der Waals surface area (Å²) in [5.74, 6) is 0.412. The predicted molar refractivity (Wildman–Crippen MR) is 193 cm³/mol. The van der Waals surface area contributed by atoms with Crippen molar-refractivity contribution in [3.8, 4) is 0 Å². The third-order valence-corrected chi connectivity index (χ3v) is 9.85. The minimum atomic E-state index is -0.830. The molecule has 2 unspecified atom stereocenters. The highest BCUT2D eigenvalue weighted by atomic mass is 16.4. The summed E-state index contributed by atoms with van der Waals surface area (Å²) < 4.78 is 0. The monoisotopic (exact) mass is 625 g/mol. The van der Waals surface area contributed by atoms with Gasteiger partial charge in [-0.05, 0) is 43.9 Å². The van der Waals surface area contributed by atoms with Gasteiger partial charge in [-0.1, -0.05) is 189 Å². The Bertz CT molecular complexity index is 600. The van der Waals surface area contributed by atoms with Gasteiger partial charge in [-0.15, -0.1) is 0 Å². The highest BCUT2D eigenvalue weighted by Gasteiger charge is 2.36. The van der Waals surface area contributed by atoms with E-state index >= 15 is 0 Å². The Labute approximate surface area is 276 Å². The molecule has 2 atom stereocenters. The molecular weight excluding hydrogens is 544 g/mol. The predicted octanol–water partition coefficient (Wildman–Crippen LogP) is 13.8. The van der Waals surface area contributed by atoms with Gasteiger partial charge in [0.1, 0.15) is 0 Å². The molecule has 0 aliphatic heterocycles. The zero-order chi connectivity index (χ0) is 33.3. The average Bonchev–Trinajstić information content (AvgIpc) is 3.00. The van der Waals surface area contributed by atoms with Crippen LogP contribution in [-0.2, 0) is 9.59 Å². The summed E-state index contributed by atoms with van der Waals surface area (Å²) in [6.07, 6.45) is 33.5. The molecule has 2 N–H and O–H groups in total. The van der Waals surface area contributed by atoms with Crippen molar-refractivity contribution in [3.05, 3.63) is 0 Å². The van der Waals surface area contributed by atoms with Crippen molar-refractivity contribution < 1.29 is 19.8 Å². The molecule has 0 aromatic rings. The van der Waals surface area contributed by atoms with Gasteiger partial charge in [0.2, 0.25) is 0 Å². The largest absolute Gasteiger partial charge is 0.481 e. The molecule has 0 heterocycles.